The quantitative estimate of drug-likeness (QED) is 0.405. The van der Waals surface area contributed by atoms with E-state index in [0.717, 1.165) is 16.7 Å². The van der Waals surface area contributed by atoms with Crippen LogP contribution in [0.4, 0.5) is 5.00 Å². The van der Waals surface area contributed by atoms with Crippen molar-refractivity contribution in [3.63, 3.8) is 0 Å². The number of esters is 1. The molecule has 32 heavy (non-hydrogen) atoms. The molecular formula is C25H21NO5S. The third-order valence-corrected chi connectivity index (χ3v) is 5.87. The summed E-state index contributed by atoms with van der Waals surface area (Å²) in [6, 6.07) is 14.2. The molecule has 2 heterocycles. The molecule has 2 aromatic heterocycles. The van der Waals surface area contributed by atoms with Crippen LogP contribution in [0.5, 0.6) is 0 Å². The van der Waals surface area contributed by atoms with Gasteiger partial charge in [0, 0.05) is 17.0 Å². The van der Waals surface area contributed by atoms with E-state index in [-0.39, 0.29) is 23.4 Å². The van der Waals surface area contributed by atoms with Gasteiger partial charge in [-0.2, -0.15) is 0 Å². The van der Waals surface area contributed by atoms with Crippen molar-refractivity contribution < 1.29 is 18.7 Å². The third-order valence-electron chi connectivity index (χ3n) is 4.98. The van der Waals surface area contributed by atoms with Gasteiger partial charge < -0.3 is 14.5 Å². The second kappa shape index (κ2) is 8.80. The van der Waals surface area contributed by atoms with E-state index in [4.69, 9.17) is 9.15 Å². The number of thiophene rings is 1. The maximum Gasteiger partial charge on any atom is 0.341 e. The minimum atomic E-state index is -0.616. The SMILES string of the molecule is CCOC(=O)c1c(-c2ccccc2)csc1NC(=O)c1cc(=O)c2c(C)cc(C)cc2o1. The molecule has 0 spiro atoms. The van der Waals surface area contributed by atoms with Crippen LogP contribution in [-0.4, -0.2) is 18.5 Å². The topological polar surface area (TPSA) is 85.6 Å². The highest BCUT2D eigenvalue weighted by Crippen LogP contribution is 2.36. The first-order valence-corrected chi connectivity index (χ1v) is 11.0. The Labute approximate surface area is 188 Å². The van der Waals surface area contributed by atoms with Crippen LogP contribution in [0, 0.1) is 13.8 Å². The molecule has 0 aliphatic rings. The lowest BCUT2D eigenvalue weighted by Crippen LogP contribution is -2.17. The zero-order valence-corrected chi connectivity index (χ0v) is 18.7. The minimum absolute atomic E-state index is 0.128. The van der Waals surface area contributed by atoms with Gasteiger partial charge in [0.25, 0.3) is 5.91 Å². The van der Waals surface area contributed by atoms with E-state index < -0.39 is 11.9 Å². The van der Waals surface area contributed by atoms with E-state index >= 15 is 0 Å². The first-order chi connectivity index (χ1) is 15.4. The molecule has 2 aromatic carbocycles. The molecule has 4 rings (SSSR count). The number of hydrogen-bond acceptors (Lipinski definition) is 6. The summed E-state index contributed by atoms with van der Waals surface area (Å²) < 4.78 is 11.0. The normalized spacial score (nSPS) is 10.8. The number of amides is 1. The second-order valence-corrected chi connectivity index (χ2v) is 8.20. The summed E-state index contributed by atoms with van der Waals surface area (Å²) >= 11 is 1.21. The second-order valence-electron chi connectivity index (χ2n) is 7.32. The van der Waals surface area contributed by atoms with Crippen LogP contribution in [0.3, 0.4) is 0 Å². The van der Waals surface area contributed by atoms with Crippen molar-refractivity contribution in [1.29, 1.82) is 0 Å². The standard InChI is InChI=1S/C25H21NO5S/c1-4-30-25(29)22-17(16-8-6-5-7-9-16)13-32-24(22)26-23(28)20-12-18(27)21-15(3)10-14(2)11-19(21)31-20/h5-13H,4H2,1-3H3,(H,26,28). The Morgan fingerprint density at radius 3 is 2.56 bits per heavy atom. The van der Waals surface area contributed by atoms with Gasteiger partial charge >= 0.3 is 5.97 Å². The lowest BCUT2D eigenvalue weighted by molar-refractivity contribution is 0.0529. The molecule has 0 bridgehead atoms. The van der Waals surface area contributed by atoms with Gasteiger partial charge in [0.2, 0.25) is 0 Å². The van der Waals surface area contributed by atoms with Crippen LogP contribution >= 0.6 is 11.3 Å². The Bertz CT molecular complexity index is 1380. The van der Waals surface area contributed by atoms with E-state index in [1.165, 1.54) is 17.4 Å². The summed E-state index contributed by atoms with van der Waals surface area (Å²) in [5, 5.41) is 5.29. The van der Waals surface area contributed by atoms with E-state index in [0.29, 0.717) is 21.5 Å². The lowest BCUT2D eigenvalue weighted by Gasteiger charge is -2.09. The van der Waals surface area contributed by atoms with Gasteiger partial charge in [0.1, 0.15) is 16.1 Å². The summed E-state index contributed by atoms with van der Waals surface area (Å²) in [6.45, 7) is 5.64. The molecule has 7 heteroatoms. The fourth-order valence-electron chi connectivity index (χ4n) is 3.63. The Morgan fingerprint density at radius 1 is 1.09 bits per heavy atom. The number of carbonyl (C=O) groups excluding carboxylic acids is 2. The smallest absolute Gasteiger partial charge is 0.341 e. The molecule has 0 aliphatic carbocycles. The summed E-state index contributed by atoms with van der Waals surface area (Å²) in [5.74, 6) is -1.28. The van der Waals surface area contributed by atoms with Crippen LogP contribution in [0.1, 0.15) is 39.0 Å². The zero-order chi connectivity index (χ0) is 22.8. The molecule has 0 atom stereocenters. The van der Waals surface area contributed by atoms with Gasteiger partial charge in [0.15, 0.2) is 11.2 Å². The minimum Gasteiger partial charge on any atom is -0.462 e. The monoisotopic (exact) mass is 447 g/mol. The van der Waals surface area contributed by atoms with Crippen molar-refractivity contribution in [2.75, 3.05) is 11.9 Å². The number of rotatable bonds is 5. The molecule has 0 radical (unpaired) electrons. The molecular weight excluding hydrogens is 426 g/mol. The van der Waals surface area contributed by atoms with E-state index in [2.05, 4.69) is 5.32 Å². The molecule has 6 nitrogen and oxygen atoms in total. The summed E-state index contributed by atoms with van der Waals surface area (Å²) in [5.41, 5.74) is 3.52. The predicted octanol–water partition coefficient (Wildman–Crippen LogP) is 5.57. The fraction of sp³-hybridized carbons (Fsp3) is 0.160. The van der Waals surface area contributed by atoms with E-state index in [1.54, 1.807) is 18.4 Å². The van der Waals surface area contributed by atoms with Gasteiger partial charge in [-0.15, -0.1) is 11.3 Å². The molecule has 0 fully saturated rings. The van der Waals surface area contributed by atoms with Crippen LogP contribution < -0.4 is 10.7 Å². The Morgan fingerprint density at radius 2 is 1.84 bits per heavy atom. The van der Waals surface area contributed by atoms with Gasteiger partial charge in [-0.3, -0.25) is 9.59 Å². The molecule has 162 valence electrons. The highest BCUT2D eigenvalue weighted by Gasteiger charge is 2.24. The summed E-state index contributed by atoms with van der Waals surface area (Å²) in [6.07, 6.45) is 0. The highest BCUT2D eigenvalue weighted by molar-refractivity contribution is 7.15. The van der Waals surface area contributed by atoms with Crippen molar-refractivity contribution in [3.05, 3.63) is 86.6 Å². The molecule has 0 saturated carbocycles. The van der Waals surface area contributed by atoms with Crippen LogP contribution in [-0.2, 0) is 4.74 Å². The van der Waals surface area contributed by atoms with Gasteiger partial charge in [-0.1, -0.05) is 36.4 Å². The van der Waals surface area contributed by atoms with Crippen LogP contribution in [0.25, 0.3) is 22.1 Å². The fourth-order valence-corrected chi connectivity index (χ4v) is 4.58. The molecule has 0 unspecified atom stereocenters. The maximum atomic E-state index is 13.0. The average molecular weight is 448 g/mol. The lowest BCUT2D eigenvalue weighted by atomic mass is 10.0. The van der Waals surface area contributed by atoms with Crippen LogP contribution in [0.2, 0.25) is 0 Å². The number of aryl methyl sites for hydroxylation is 2. The molecule has 4 aromatic rings. The first-order valence-electron chi connectivity index (χ1n) is 10.1. The van der Waals surface area contributed by atoms with E-state index in [1.807, 2.05) is 50.2 Å². The number of benzene rings is 2. The van der Waals surface area contributed by atoms with E-state index in [9.17, 15) is 14.4 Å². The van der Waals surface area contributed by atoms with Gasteiger partial charge in [0.05, 0.1) is 12.0 Å². The summed E-state index contributed by atoms with van der Waals surface area (Å²) in [7, 11) is 0. The number of ether oxygens (including phenoxy) is 1. The van der Waals surface area contributed by atoms with Crippen LogP contribution in [0.15, 0.2) is 63.1 Å². The zero-order valence-electron chi connectivity index (χ0n) is 17.9. The molecule has 0 aliphatic heterocycles. The Hall–Kier alpha value is -3.71. The van der Waals surface area contributed by atoms with Crippen molar-refractivity contribution in [3.8, 4) is 11.1 Å². The Balaban J connectivity index is 1.74. The number of fused-ring (bicyclic) bond motifs is 1. The third kappa shape index (κ3) is 4.07. The largest absolute Gasteiger partial charge is 0.462 e. The van der Waals surface area contributed by atoms with Crippen molar-refractivity contribution >= 4 is 39.2 Å². The predicted molar refractivity (Wildman–Crippen MR) is 126 cm³/mol. The molecule has 1 N–H and O–H groups in total. The first kappa shape index (κ1) is 21.5. The number of nitrogens with one attached hydrogen (secondary N) is 1. The molecule has 0 saturated heterocycles. The van der Waals surface area contributed by atoms with Gasteiger partial charge in [-0.05, 0) is 43.5 Å². The number of carbonyl (C=O) groups is 2. The van der Waals surface area contributed by atoms with Gasteiger partial charge in [-0.25, -0.2) is 4.79 Å². The van der Waals surface area contributed by atoms with Crippen molar-refractivity contribution in [2.24, 2.45) is 0 Å². The van der Waals surface area contributed by atoms with Crippen molar-refractivity contribution in [2.45, 2.75) is 20.8 Å². The van der Waals surface area contributed by atoms with Crippen molar-refractivity contribution in [1.82, 2.24) is 0 Å². The number of hydrogen-bond donors (Lipinski definition) is 1. The Kier molecular flexibility index (Phi) is 5.92. The molecule has 1 amide bonds. The number of anilines is 1. The average Bonchev–Trinajstić information content (AvgIpc) is 3.17. The maximum absolute atomic E-state index is 13.0. The summed E-state index contributed by atoms with van der Waals surface area (Å²) in [4.78, 5) is 38.3. The highest BCUT2D eigenvalue weighted by atomic mass is 32.1.